The van der Waals surface area contributed by atoms with Crippen LogP contribution in [0.5, 0.6) is 0 Å². The Morgan fingerprint density at radius 1 is 1.28 bits per heavy atom. The van der Waals surface area contributed by atoms with Gasteiger partial charge in [-0.25, -0.2) is 9.78 Å². The normalized spacial score (nSPS) is 14.4. The molecular weight excluding hydrogens is 332 g/mol. The van der Waals surface area contributed by atoms with Crippen LogP contribution in [0.25, 0.3) is 0 Å². The van der Waals surface area contributed by atoms with Gasteiger partial charge in [0.2, 0.25) is 0 Å². The fraction of sp³-hybridized carbons (Fsp3) is 0.474. The molecule has 3 rings (SSSR count). The van der Waals surface area contributed by atoms with E-state index in [-0.39, 0.29) is 6.03 Å². The van der Waals surface area contributed by atoms with Gasteiger partial charge in [0.1, 0.15) is 5.82 Å². The second kappa shape index (κ2) is 8.85. The van der Waals surface area contributed by atoms with Crippen LogP contribution in [0.4, 0.5) is 10.6 Å². The Bertz CT molecular complexity index is 651. The van der Waals surface area contributed by atoms with Crippen LogP contribution in [0.2, 0.25) is 0 Å². The van der Waals surface area contributed by atoms with Crippen molar-refractivity contribution in [3.63, 3.8) is 0 Å². The van der Waals surface area contributed by atoms with Crippen molar-refractivity contribution in [3.8, 4) is 0 Å². The molecule has 134 valence electrons. The Balaban J connectivity index is 1.50. The lowest BCUT2D eigenvalue weighted by Gasteiger charge is -2.27. The van der Waals surface area contributed by atoms with Gasteiger partial charge in [-0.3, -0.25) is 0 Å². The number of piperidine rings is 1. The SMILES string of the molecule is CCN(Cc1cccs1)C(=O)NCc1ccc(N2CCCCC2)nc1. The van der Waals surface area contributed by atoms with Crippen LogP contribution < -0.4 is 10.2 Å². The number of rotatable bonds is 6. The Morgan fingerprint density at radius 3 is 2.76 bits per heavy atom. The van der Waals surface area contributed by atoms with Crippen LogP contribution in [-0.4, -0.2) is 35.5 Å². The van der Waals surface area contributed by atoms with Crippen LogP contribution in [0.3, 0.4) is 0 Å². The van der Waals surface area contributed by atoms with Gasteiger partial charge >= 0.3 is 6.03 Å². The maximum atomic E-state index is 12.4. The van der Waals surface area contributed by atoms with Crippen molar-refractivity contribution >= 4 is 23.2 Å². The summed E-state index contributed by atoms with van der Waals surface area (Å²) in [7, 11) is 0. The molecule has 0 spiro atoms. The van der Waals surface area contributed by atoms with E-state index >= 15 is 0 Å². The third kappa shape index (κ3) is 4.95. The number of anilines is 1. The lowest BCUT2D eigenvalue weighted by molar-refractivity contribution is 0.198. The highest BCUT2D eigenvalue weighted by atomic mass is 32.1. The first-order valence-electron chi connectivity index (χ1n) is 9.01. The standard InChI is InChI=1S/C19H26N4OS/c1-2-22(15-17-7-6-12-25-17)19(24)21-14-16-8-9-18(20-13-16)23-10-4-3-5-11-23/h6-9,12-13H,2-5,10-11,14-15H2,1H3,(H,21,24). The van der Waals surface area contributed by atoms with Crippen LogP contribution in [0.1, 0.15) is 36.6 Å². The van der Waals surface area contributed by atoms with Crippen LogP contribution >= 0.6 is 11.3 Å². The largest absolute Gasteiger partial charge is 0.357 e. The summed E-state index contributed by atoms with van der Waals surface area (Å²) < 4.78 is 0. The molecule has 5 nitrogen and oxygen atoms in total. The van der Waals surface area contributed by atoms with Gasteiger partial charge in [-0.05, 0) is 49.3 Å². The summed E-state index contributed by atoms with van der Waals surface area (Å²) in [6, 6.07) is 8.17. The number of nitrogens with zero attached hydrogens (tertiary/aromatic N) is 3. The summed E-state index contributed by atoms with van der Waals surface area (Å²) in [5.74, 6) is 1.04. The molecule has 0 aromatic carbocycles. The minimum Gasteiger partial charge on any atom is -0.357 e. The highest BCUT2D eigenvalue weighted by Crippen LogP contribution is 2.17. The zero-order valence-electron chi connectivity index (χ0n) is 14.8. The molecule has 0 unspecified atom stereocenters. The summed E-state index contributed by atoms with van der Waals surface area (Å²) in [6.07, 6.45) is 5.69. The first-order valence-corrected chi connectivity index (χ1v) is 9.89. The maximum absolute atomic E-state index is 12.4. The van der Waals surface area contributed by atoms with Gasteiger partial charge in [-0.2, -0.15) is 0 Å². The van der Waals surface area contributed by atoms with Gasteiger partial charge < -0.3 is 15.1 Å². The fourth-order valence-electron chi connectivity index (χ4n) is 3.04. The molecule has 1 N–H and O–H groups in total. The quantitative estimate of drug-likeness (QED) is 0.853. The molecule has 1 fully saturated rings. The molecule has 2 amide bonds. The smallest absolute Gasteiger partial charge is 0.317 e. The second-order valence-corrected chi connectivity index (χ2v) is 7.36. The van der Waals surface area contributed by atoms with E-state index in [0.717, 1.165) is 24.5 Å². The number of urea groups is 1. The zero-order chi connectivity index (χ0) is 17.5. The van der Waals surface area contributed by atoms with E-state index in [2.05, 4.69) is 33.4 Å². The van der Waals surface area contributed by atoms with Gasteiger partial charge in [0.05, 0.1) is 6.54 Å². The monoisotopic (exact) mass is 358 g/mol. The highest BCUT2D eigenvalue weighted by Gasteiger charge is 2.13. The molecule has 1 aliphatic heterocycles. The summed E-state index contributed by atoms with van der Waals surface area (Å²) in [4.78, 5) is 22.3. The molecule has 1 aliphatic rings. The van der Waals surface area contributed by atoms with Crippen LogP contribution in [-0.2, 0) is 13.1 Å². The van der Waals surface area contributed by atoms with Gasteiger partial charge in [-0.1, -0.05) is 12.1 Å². The maximum Gasteiger partial charge on any atom is 0.317 e. The average molecular weight is 359 g/mol. The summed E-state index contributed by atoms with van der Waals surface area (Å²) in [5.41, 5.74) is 1.03. The van der Waals surface area contributed by atoms with E-state index in [1.807, 2.05) is 29.5 Å². The fourth-order valence-corrected chi connectivity index (χ4v) is 3.76. The second-order valence-electron chi connectivity index (χ2n) is 6.32. The number of carbonyl (C=O) groups is 1. The number of pyridine rings is 1. The topological polar surface area (TPSA) is 48.5 Å². The number of hydrogen-bond acceptors (Lipinski definition) is 4. The minimum atomic E-state index is -0.0315. The third-order valence-corrected chi connectivity index (χ3v) is 5.39. The zero-order valence-corrected chi connectivity index (χ0v) is 15.6. The first kappa shape index (κ1) is 17.7. The molecule has 0 saturated carbocycles. The van der Waals surface area contributed by atoms with E-state index < -0.39 is 0 Å². The minimum absolute atomic E-state index is 0.0315. The molecule has 2 aromatic rings. The molecule has 2 aromatic heterocycles. The number of aromatic nitrogens is 1. The predicted octanol–water partition coefficient (Wildman–Crippen LogP) is 3.87. The Labute approximate surface area is 153 Å². The summed E-state index contributed by atoms with van der Waals surface area (Å²) >= 11 is 1.68. The van der Waals surface area contributed by atoms with E-state index in [1.54, 1.807) is 11.3 Å². The lowest BCUT2D eigenvalue weighted by atomic mass is 10.1. The molecule has 1 saturated heterocycles. The average Bonchev–Trinajstić information content (AvgIpc) is 3.18. The Kier molecular flexibility index (Phi) is 6.28. The van der Waals surface area contributed by atoms with E-state index in [0.29, 0.717) is 19.6 Å². The van der Waals surface area contributed by atoms with Crippen LogP contribution in [0, 0.1) is 0 Å². The number of nitrogens with one attached hydrogen (secondary N) is 1. The molecule has 6 heteroatoms. The van der Waals surface area contributed by atoms with Crippen molar-refractivity contribution in [3.05, 3.63) is 46.3 Å². The van der Waals surface area contributed by atoms with Gasteiger partial charge in [0.25, 0.3) is 0 Å². The van der Waals surface area contributed by atoms with Crippen molar-refractivity contribution in [1.82, 2.24) is 15.2 Å². The molecule has 25 heavy (non-hydrogen) atoms. The van der Waals surface area contributed by atoms with Crippen molar-refractivity contribution < 1.29 is 4.79 Å². The molecule has 0 radical (unpaired) electrons. The molecular formula is C19H26N4OS. The molecule has 0 atom stereocenters. The lowest BCUT2D eigenvalue weighted by Crippen LogP contribution is -2.38. The van der Waals surface area contributed by atoms with E-state index in [9.17, 15) is 4.79 Å². The number of amides is 2. The van der Waals surface area contributed by atoms with Gasteiger partial charge in [-0.15, -0.1) is 11.3 Å². The number of carbonyl (C=O) groups excluding carboxylic acids is 1. The van der Waals surface area contributed by atoms with E-state index in [1.165, 1.54) is 24.1 Å². The van der Waals surface area contributed by atoms with Crippen molar-refractivity contribution in [1.29, 1.82) is 0 Å². The van der Waals surface area contributed by atoms with Crippen molar-refractivity contribution in [2.45, 2.75) is 39.3 Å². The summed E-state index contributed by atoms with van der Waals surface area (Å²) in [5, 5.41) is 5.04. The Hall–Kier alpha value is -2.08. The van der Waals surface area contributed by atoms with Crippen LogP contribution in [0.15, 0.2) is 35.8 Å². The van der Waals surface area contributed by atoms with Crippen molar-refractivity contribution in [2.24, 2.45) is 0 Å². The molecule has 0 bridgehead atoms. The third-order valence-electron chi connectivity index (χ3n) is 4.53. The molecule has 3 heterocycles. The predicted molar refractivity (Wildman–Crippen MR) is 103 cm³/mol. The first-order chi connectivity index (χ1) is 12.3. The highest BCUT2D eigenvalue weighted by molar-refractivity contribution is 7.09. The van der Waals surface area contributed by atoms with Crippen molar-refractivity contribution in [2.75, 3.05) is 24.5 Å². The number of hydrogen-bond donors (Lipinski definition) is 1. The molecule has 0 aliphatic carbocycles. The summed E-state index contributed by atoms with van der Waals surface area (Å²) in [6.45, 7) is 6.05. The number of thiophene rings is 1. The van der Waals surface area contributed by atoms with E-state index in [4.69, 9.17) is 0 Å². The van der Waals surface area contributed by atoms with Gasteiger partial charge in [0.15, 0.2) is 0 Å². The van der Waals surface area contributed by atoms with Gasteiger partial charge in [0, 0.05) is 37.3 Å². The Morgan fingerprint density at radius 2 is 2.12 bits per heavy atom.